The smallest absolute Gasteiger partial charge is 0.0986 e. The predicted octanol–water partition coefficient (Wildman–Crippen LogP) is 1.59. The van der Waals surface area contributed by atoms with Crippen LogP contribution in [0.5, 0.6) is 0 Å². The zero-order valence-electron chi connectivity index (χ0n) is 11.7. The average Bonchev–Trinajstić information content (AvgIpc) is 3.15. The van der Waals surface area contributed by atoms with Crippen LogP contribution in [0.4, 0.5) is 0 Å². The van der Waals surface area contributed by atoms with Gasteiger partial charge in [-0.1, -0.05) is 0 Å². The van der Waals surface area contributed by atoms with Gasteiger partial charge in [-0.3, -0.25) is 0 Å². The van der Waals surface area contributed by atoms with Gasteiger partial charge in [-0.05, 0) is 45.1 Å². The number of hydrogen-bond donors (Lipinski definition) is 1. The molecule has 2 saturated carbocycles. The topological polar surface area (TPSA) is 39.7 Å². The first-order valence-electron chi connectivity index (χ1n) is 7.30. The van der Waals surface area contributed by atoms with Crippen molar-refractivity contribution >= 4 is 0 Å². The fourth-order valence-electron chi connectivity index (χ4n) is 2.47. The van der Waals surface area contributed by atoms with Gasteiger partial charge >= 0.3 is 0 Å². The van der Waals surface area contributed by atoms with Gasteiger partial charge in [-0.15, -0.1) is 0 Å². The van der Waals surface area contributed by atoms with E-state index in [1.54, 1.807) is 7.11 Å². The molecular weight excluding hydrogens is 230 g/mol. The van der Waals surface area contributed by atoms with Crippen molar-refractivity contribution in [3.63, 3.8) is 0 Å². The van der Waals surface area contributed by atoms with E-state index in [1.807, 2.05) is 6.92 Å². The molecule has 0 spiro atoms. The molecule has 3 atom stereocenters. The fourth-order valence-corrected chi connectivity index (χ4v) is 2.47. The molecule has 0 radical (unpaired) electrons. The van der Waals surface area contributed by atoms with Gasteiger partial charge in [-0.25, -0.2) is 0 Å². The second kappa shape index (κ2) is 7.43. The summed E-state index contributed by atoms with van der Waals surface area (Å²) >= 11 is 0. The van der Waals surface area contributed by atoms with Gasteiger partial charge in [0.15, 0.2) is 0 Å². The van der Waals surface area contributed by atoms with E-state index in [-0.39, 0.29) is 12.2 Å². The average molecular weight is 257 g/mol. The van der Waals surface area contributed by atoms with Crippen LogP contribution in [0.15, 0.2) is 0 Å². The van der Waals surface area contributed by atoms with E-state index >= 15 is 0 Å². The summed E-state index contributed by atoms with van der Waals surface area (Å²) in [5, 5.41) is 3.53. The van der Waals surface area contributed by atoms with Crippen molar-refractivity contribution < 1.29 is 14.2 Å². The molecular formula is C14H27NO3. The zero-order chi connectivity index (χ0) is 12.8. The lowest BCUT2D eigenvalue weighted by Crippen LogP contribution is -2.59. The van der Waals surface area contributed by atoms with Gasteiger partial charge in [0.2, 0.25) is 0 Å². The summed E-state index contributed by atoms with van der Waals surface area (Å²) in [6, 6.07) is 0.454. The van der Waals surface area contributed by atoms with Gasteiger partial charge < -0.3 is 19.5 Å². The van der Waals surface area contributed by atoms with Crippen molar-refractivity contribution in [3.8, 4) is 0 Å². The first kappa shape index (κ1) is 14.3. The molecule has 2 aliphatic rings. The van der Waals surface area contributed by atoms with E-state index in [0.717, 1.165) is 45.1 Å². The molecule has 4 nitrogen and oxygen atoms in total. The molecule has 2 rings (SSSR count). The second-order valence-electron chi connectivity index (χ2n) is 5.36. The molecule has 2 aliphatic carbocycles. The van der Waals surface area contributed by atoms with Gasteiger partial charge in [0.05, 0.1) is 12.2 Å². The maximum atomic E-state index is 5.61. The number of nitrogens with one attached hydrogen (secondary N) is 1. The zero-order valence-corrected chi connectivity index (χ0v) is 11.7. The Morgan fingerprint density at radius 3 is 2.78 bits per heavy atom. The molecule has 0 aromatic carbocycles. The van der Waals surface area contributed by atoms with Crippen molar-refractivity contribution in [2.45, 2.75) is 50.9 Å². The van der Waals surface area contributed by atoms with E-state index in [9.17, 15) is 0 Å². The molecule has 0 saturated heterocycles. The van der Waals surface area contributed by atoms with Crippen molar-refractivity contribution in [1.29, 1.82) is 0 Å². The van der Waals surface area contributed by atoms with E-state index in [0.29, 0.717) is 6.04 Å². The van der Waals surface area contributed by atoms with Crippen LogP contribution in [0.1, 0.15) is 32.6 Å². The summed E-state index contributed by atoms with van der Waals surface area (Å²) in [5.41, 5.74) is 0. The van der Waals surface area contributed by atoms with Crippen molar-refractivity contribution in [2.24, 2.45) is 5.92 Å². The Labute approximate surface area is 110 Å². The number of ether oxygens (including phenoxy) is 3. The lowest BCUT2D eigenvalue weighted by Gasteiger charge is -2.43. The third kappa shape index (κ3) is 4.19. The Morgan fingerprint density at radius 1 is 1.28 bits per heavy atom. The minimum Gasteiger partial charge on any atom is -0.381 e. The summed E-state index contributed by atoms with van der Waals surface area (Å²) in [6.45, 7) is 5.66. The van der Waals surface area contributed by atoms with Gasteiger partial charge in [-0.2, -0.15) is 0 Å². The molecule has 0 aliphatic heterocycles. The number of hydrogen-bond acceptors (Lipinski definition) is 4. The number of methoxy groups -OCH3 is 1. The first-order valence-corrected chi connectivity index (χ1v) is 7.30. The van der Waals surface area contributed by atoms with Crippen LogP contribution in [-0.4, -0.2) is 51.7 Å². The van der Waals surface area contributed by atoms with Crippen molar-refractivity contribution in [2.75, 3.05) is 33.5 Å². The van der Waals surface area contributed by atoms with Crippen LogP contribution < -0.4 is 5.32 Å². The lowest BCUT2D eigenvalue weighted by molar-refractivity contribution is -0.131. The van der Waals surface area contributed by atoms with Crippen LogP contribution in [0.3, 0.4) is 0 Å². The molecule has 18 heavy (non-hydrogen) atoms. The maximum Gasteiger partial charge on any atom is 0.0986 e. The van der Waals surface area contributed by atoms with Crippen molar-refractivity contribution in [1.82, 2.24) is 5.32 Å². The molecule has 1 N–H and O–H groups in total. The highest BCUT2D eigenvalue weighted by Crippen LogP contribution is 2.29. The van der Waals surface area contributed by atoms with Gasteiger partial charge in [0.1, 0.15) is 0 Å². The molecule has 3 unspecified atom stereocenters. The van der Waals surface area contributed by atoms with Crippen LogP contribution in [0.2, 0.25) is 0 Å². The fraction of sp³-hybridized carbons (Fsp3) is 1.00. The van der Waals surface area contributed by atoms with Gasteiger partial charge in [0, 0.05) is 33.0 Å². The van der Waals surface area contributed by atoms with Crippen LogP contribution in [-0.2, 0) is 14.2 Å². The predicted molar refractivity (Wildman–Crippen MR) is 70.8 cm³/mol. The lowest BCUT2D eigenvalue weighted by atomic mass is 9.85. The molecule has 0 aromatic heterocycles. The highest BCUT2D eigenvalue weighted by molar-refractivity contribution is 4.96. The quantitative estimate of drug-likeness (QED) is 0.603. The molecule has 0 bridgehead atoms. The Morgan fingerprint density at radius 2 is 2.11 bits per heavy atom. The molecule has 106 valence electrons. The minimum atomic E-state index is 0.220. The minimum absolute atomic E-state index is 0.220. The Balaban J connectivity index is 1.46. The standard InChI is InChI=1S/C14H27NO3/c1-3-18-13-9-12(14(13)16-2)15-7-4-8-17-10-11-5-6-11/h11-15H,3-10H2,1-2H3. The van der Waals surface area contributed by atoms with Crippen LogP contribution in [0.25, 0.3) is 0 Å². The van der Waals surface area contributed by atoms with Gasteiger partial charge in [0.25, 0.3) is 0 Å². The van der Waals surface area contributed by atoms with Crippen molar-refractivity contribution in [3.05, 3.63) is 0 Å². The monoisotopic (exact) mass is 257 g/mol. The third-order valence-electron chi connectivity index (χ3n) is 3.82. The maximum absolute atomic E-state index is 5.61. The highest BCUT2D eigenvalue weighted by Gasteiger charge is 2.41. The first-order chi connectivity index (χ1) is 8.85. The van der Waals surface area contributed by atoms with E-state index < -0.39 is 0 Å². The third-order valence-corrected chi connectivity index (χ3v) is 3.82. The summed E-state index contributed by atoms with van der Waals surface area (Å²) < 4.78 is 16.7. The normalized spacial score (nSPS) is 31.3. The molecule has 0 aromatic rings. The second-order valence-corrected chi connectivity index (χ2v) is 5.36. The van der Waals surface area contributed by atoms with E-state index in [1.165, 1.54) is 12.8 Å². The Kier molecular flexibility index (Phi) is 5.89. The molecule has 4 heteroatoms. The van der Waals surface area contributed by atoms with E-state index in [2.05, 4.69) is 5.32 Å². The Hall–Kier alpha value is -0.160. The summed E-state index contributed by atoms with van der Waals surface area (Å²) in [7, 11) is 1.77. The SMILES string of the molecule is CCOC1CC(NCCCOCC2CC2)C1OC. The largest absolute Gasteiger partial charge is 0.381 e. The summed E-state index contributed by atoms with van der Waals surface area (Å²) in [6.07, 6.45) is 5.39. The summed E-state index contributed by atoms with van der Waals surface area (Å²) in [4.78, 5) is 0. The number of rotatable bonds is 10. The molecule has 0 heterocycles. The van der Waals surface area contributed by atoms with Crippen LogP contribution >= 0.6 is 0 Å². The van der Waals surface area contributed by atoms with E-state index in [4.69, 9.17) is 14.2 Å². The Bertz CT molecular complexity index is 233. The molecule has 0 amide bonds. The highest BCUT2D eigenvalue weighted by atomic mass is 16.5. The molecule has 2 fully saturated rings. The summed E-state index contributed by atoms with van der Waals surface area (Å²) in [5.74, 6) is 0.870. The van der Waals surface area contributed by atoms with Crippen LogP contribution in [0, 0.1) is 5.92 Å².